The Bertz CT molecular complexity index is 767. The molecule has 2 N–H and O–H groups in total. The molecule has 0 amide bonds. The van der Waals surface area contributed by atoms with Gasteiger partial charge in [-0.3, -0.25) is 4.79 Å². The zero-order valence-electron chi connectivity index (χ0n) is 12.6. The van der Waals surface area contributed by atoms with Gasteiger partial charge in [-0.15, -0.1) is 0 Å². The molecule has 1 unspecified atom stereocenters. The van der Waals surface area contributed by atoms with Crippen LogP contribution in [0.4, 0.5) is 0 Å². The van der Waals surface area contributed by atoms with Crippen LogP contribution in [-0.2, 0) is 6.42 Å². The minimum Gasteiger partial charge on any atom is -0.385 e. The van der Waals surface area contributed by atoms with E-state index in [-0.39, 0.29) is 12.2 Å². The molecule has 0 aliphatic rings. The lowest BCUT2D eigenvalue weighted by Crippen LogP contribution is -2.09. The zero-order valence-corrected chi connectivity index (χ0v) is 12.6. The molecule has 116 valence electrons. The van der Waals surface area contributed by atoms with Crippen LogP contribution in [0.3, 0.4) is 0 Å². The summed E-state index contributed by atoms with van der Waals surface area (Å²) in [7, 11) is 0. The van der Waals surface area contributed by atoms with E-state index in [4.69, 9.17) is 0 Å². The second-order valence-corrected chi connectivity index (χ2v) is 5.48. The summed E-state index contributed by atoms with van der Waals surface area (Å²) < 4.78 is 0. The molecule has 4 nitrogen and oxygen atoms in total. The molecule has 1 heterocycles. The predicted octanol–water partition coefficient (Wildman–Crippen LogP) is 3.31. The maximum absolute atomic E-state index is 12.4. The average molecular weight is 306 g/mol. The monoisotopic (exact) mass is 306 g/mol. The Morgan fingerprint density at radius 1 is 1.09 bits per heavy atom. The number of nitrogens with zero attached hydrogens (tertiary/aromatic N) is 1. The van der Waals surface area contributed by atoms with Gasteiger partial charge in [0.25, 0.3) is 0 Å². The van der Waals surface area contributed by atoms with Crippen LogP contribution in [0.15, 0.2) is 67.0 Å². The lowest BCUT2D eigenvalue weighted by atomic mass is 9.99. The van der Waals surface area contributed by atoms with Gasteiger partial charge in [0.15, 0.2) is 5.78 Å². The second kappa shape index (κ2) is 7.03. The summed E-state index contributed by atoms with van der Waals surface area (Å²) in [5.74, 6) is 0.322. The number of nitrogens with one attached hydrogen (secondary N) is 1. The number of hydrogen-bond donors (Lipinski definition) is 2. The van der Waals surface area contributed by atoms with Gasteiger partial charge in [0, 0.05) is 24.4 Å². The van der Waals surface area contributed by atoms with Crippen LogP contribution >= 0.6 is 0 Å². The molecule has 2 aromatic carbocycles. The highest BCUT2D eigenvalue weighted by Crippen LogP contribution is 2.17. The van der Waals surface area contributed by atoms with Gasteiger partial charge >= 0.3 is 0 Å². The van der Waals surface area contributed by atoms with Crippen molar-refractivity contribution >= 4 is 5.78 Å². The fourth-order valence-electron chi connectivity index (χ4n) is 2.54. The first-order valence-corrected chi connectivity index (χ1v) is 7.56. The third-order valence-electron chi connectivity index (χ3n) is 3.71. The highest BCUT2D eigenvalue weighted by molar-refractivity contribution is 5.96. The van der Waals surface area contributed by atoms with Gasteiger partial charge in [-0.2, -0.15) is 0 Å². The Morgan fingerprint density at radius 3 is 2.61 bits per heavy atom. The van der Waals surface area contributed by atoms with Crippen LogP contribution < -0.4 is 0 Å². The quantitative estimate of drug-likeness (QED) is 0.687. The molecule has 0 aliphatic carbocycles. The third-order valence-corrected chi connectivity index (χ3v) is 3.71. The summed E-state index contributed by atoms with van der Waals surface area (Å²) in [5.41, 5.74) is 2.89. The maximum Gasteiger partial charge on any atom is 0.165 e. The minimum atomic E-state index is -0.907. The van der Waals surface area contributed by atoms with Crippen molar-refractivity contribution in [1.82, 2.24) is 9.97 Å². The van der Waals surface area contributed by atoms with Crippen molar-refractivity contribution < 1.29 is 9.90 Å². The lowest BCUT2D eigenvalue weighted by Gasteiger charge is -2.08. The molecule has 0 saturated carbocycles. The van der Waals surface area contributed by atoms with Crippen LogP contribution in [0.5, 0.6) is 0 Å². The van der Waals surface area contributed by atoms with Gasteiger partial charge < -0.3 is 10.1 Å². The van der Waals surface area contributed by atoms with E-state index in [1.807, 2.05) is 36.4 Å². The number of aliphatic hydroxyl groups is 1. The number of aromatic amines is 1. The largest absolute Gasteiger partial charge is 0.385 e. The highest BCUT2D eigenvalue weighted by atomic mass is 16.3. The van der Waals surface area contributed by atoms with E-state index in [2.05, 4.69) is 22.1 Å². The molecule has 1 aromatic heterocycles. The number of carbonyl (C=O) groups excluding carboxylic acids is 1. The molecule has 4 heteroatoms. The fraction of sp³-hybridized carbons (Fsp3) is 0.158. The predicted molar refractivity (Wildman–Crippen MR) is 88.2 cm³/mol. The third kappa shape index (κ3) is 3.93. The first kappa shape index (κ1) is 15.2. The molecule has 3 rings (SSSR count). The van der Waals surface area contributed by atoms with Crippen LogP contribution in [0.1, 0.15) is 39.8 Å². The van der Waals surface area contributed by atoms with E-state index >= 15 is 0 Å². The van der Waals surface area contributed by atoms with Crippen molar-refractivity contribution in [2.75, 3.05) is 0 Å². The number of ketones is 1. The summed E-state index contributed by atoms with van der Waals surface area (Å²) in [6.45, 7) is 0. The van der Waals surface area contributed by atoms with Gasteiger partial charge in [-0.1, -0.05) is 48.5 Å². The topological polar surface area (TPSA) is 66.0 Å². The summed E-state index contributed by atoms with van der Waals surface area (Å²) in [6.07, 6.45) is 3.08. The summed E-state index contributed by atoms with van der Waals surface area (Å²) in [6, 6.07) is 17.7. The number of carbonyl (C=O) groups is 1. The van der Waals surface area contributed by atoms with Gasteiger partial charge in [0.1, 0.15) is 11.9 Å². The standard InChI is InChI=1S/C19H18N2O2/c22-17(13-18(23)19-20-9-10-21-19)16-8-4-7-15(12-16)11-14-5-2-1-3-6-14/h1-10,12,18,23H,11,13H2,(H,20,21). The lowest BCUT2D eigenvalue weighted by molar-refractivity contribution is 0.0869. The van der Waals surface area contributed by atoms with Gasteiger partial charge in [-0.05, 0) is 23.6 Å². The Morgan fingerprint density at radius 2 is 1.87 bits per heavy atom. The van der Waals surface area contributed by atoms with Crippen molar-refractivity contribution in [3.05, 3.63) is 89.5 Å². The number of hydrogen-bond acceptors (Lipinski definition) is 3. The summed E-state index contributed by atoms with van der Waals surface area (Å²) in [4.78, 5) is 19.2. The fourth-order valence-corrected chi connectivity index (χ4v) is 2.54. The Kier molecular flexibility index (Phi) is 4.64. The molecule has 1 atom stereocenters. The molecule has 3 aromatic rings. The van der Waals surface area contributed by atoms with Crippen LogP contribution in [0, 0.1) is 0 Å². The van der Waals surface area contributed by atoms with E-state index in [0.717, 1.165) is 12.0 Å². The molecule has 0 aliphatic heterocycles. The van der Waals surface area contributed by atoms with E-state index in [0.29, 0.717) is 11.4 Å². The second-order valence-electron chi connectivity index (χ2n) is 5.48. The van der Waals surface area contributed by atoms with Gasteiger partial charge in [0.05, 0.1) is 0 Å². The Hall–Kier alpha value is -2.72. The molecular formula is C19H18N2O2. The van der Waals surface area contributed by atoms with Crippen LogP contribution in [0.2, 0.25) is 0 Å². The van der Waals surface area contributed by atoms with Crippen molar-refractivity contribution in [3.63, 3.8) is 0 Å². The smallest absolute Gasteiger partial charge is 0.165 e. The van der Waals surface area contributed by atoms with E-state index in [1.165, 1.54) is 5.56 Å². The van der Waals surface area contributed by atoms with Gasteiger partial charge in [0.2, 0.25) is 0 Å². The molecule has 0 fully saturated rings. The summed E-state index contributed by atoms with van der Waals surface area (Å²) in [5, 5.41) is 10.0. The van der Waals surface area contributed by atoms with Crippen LogP contribution in [0.25, 0.3) is 0 Å². The number of benzene rings is 2. The van der Waals surface area contributed by atoms with Crippen LogP contribution in [-0.4, -0.2) is 20.9 Å². The molecule has 0 radical (unpaired) electrons. The Labute approximate surface area is 134 Å². The van der Waals surface area contributed by atoms with Crippen molar-refractivity contribution in [3.8, 4) is 0 Å². The zero-order chi connectivity index (χ0) is 16.1. The highest BCUT2D eigenvalue weighted by Gasteiger charge is 2.16. The number of rotatable bonds is 6. The first-order chi connectivity index (χ1) is 11.2. The van der Waals surface area contributed by atoms with E-state index in [9.17, 15) is 9.90 Å². The molecule has 23 heavy (non-hydrogen) atoms. The average Bonchev–Trinajstić information content (AvgIpc) is 3.10. The number of Topliss-reactive ketones (excluding diaryl/α,β-unsaturated/α-hetero) is 1. The SMILES string of the molecule is O=C(CC(O)c1ncc[nH]1)c1cccc(Cc2ccccc2)c1. The van der Waals surface area contributed by atoms with Gasteiger partial charge in [-0.25, -0.2) is 4.98 Å². The Balaban J connectivity index is 1.70. The maximum atomic E-state index is 12.4. The van der Waals surface area contributed by atoms with E-state index < -0.39 is 6.10 Å². The van der Waals surface area contributed by atoms with Crippen molar-refractivity contribution in [2.45, 2.75) is 18.9 Å². The number of H-pyrrole nitrogens is 1. The number of imidazole rings is 1. The van der Waals surface area contributed by atoms with Crippen molar-refractivity contribution in [1.29, 1.82) is 0 Å². The number of aliphatic hydroxyl groups excluding tert-OH is 1. The van der Waals surface area contributed by atoms with Crippen molar-refractivity contribution in [2.24, 2.45) is 0 Å². The van der Waals surface area contributed by atoms with E-state index in [1.54, 1.807) is 18.5 Å². The number of aromatic nitrogens is 2. The summed E-state index contributed by atoms with van der Waals surface area (Å²) >= 11 is 0. The normalized spacial score (nSPS) is 12.0. The first-order valence-electron chi connectivity index (χ1n) is 7.56. The molecule has 0 spiro atoms. The molecule has 0 bridgehead atoms. The molecular weight excluding hydrogens is 288 g/mol. The molecule has 0 saturated heterocycles. The minimum absolute atomic E-state index is 0.0162.